The number of benzene rings is 3. The minimum absolute atomic E-state index is 0.0154. The van der Waals surface area contributed by atoms with Crippen molar-refractivity contribution >= 4 is 21.7 Å². The molecule has 8 heteroatoms. The van der Waals surface area contributed by atoms with Crippen molar-refractivity contribution < 1.29 is 27.8 Å². The normalized spacial score (nSPS) is 11.6. The summed E-state index contributed by atoms with van der Waals surface area (Å²) in [6.07, 6.45) is 0.838. The second-order valence-electron chi connectivity index (χ2n) is 8.77. The molecule has 0 fully saturated rings. The molecule has 0 saturated heterocycles. The third-order valence-corrected chi connectivity index (χ3v) is 7.26. The third kappa shape index (κ3) is 7.23. The summed E-state index contributed by atoms with van der Waals surface area (Å²) in [5.74, 6) is 0.140. The SMILES string of the molecule is CCC(C)(C)c1ccc(S(=O)(=O)Nc2ccc(OCCOc3ccccc3CC(=O)O)cc2)cc1. The Bertz CT molecular complexity index is 1240. The van der Waals surface area contributed by atoms with Gasteiger partial charge in [0.1, 0.15) is 24.7 Å². The number of carboxylic acids is 1. The van der Waals surface area contributed by atoms with Crippen molar-refractivity contribution in [1.29, 1.82) is 0 Å². The topological polar surface area (TPSA) is 102 Å². The predicted octanol–water partition coefficient (Wildman–Crippen LogP) is 5.26. The van der Waals surface area contributed by atoms with Crippen LogP contribution in [0.15, 0.2) is 77.7 Å². The quantitative estimate of drug-likeness (QED) is 0.331. The van der Waals surface area contributed by atoms with E-state index in [1.54, 1.807) is 60.7 Å². The monoisotopic (exact) mass is 497 g/mol. The molecule has 0 radical (unpaired) electrons. The van der Waals surface area contributed by atoms with Crippen LogP contribution in [0.25, 0.3) is 0 Å². The molecule has 3 aromatic carbocycles. The number of carboxylic acid groups (broad SMARTS) is 1. The summed E-state index contributed by atoms with van der Waals surface area (Å²) < 4.78 is 39.4. The third-order valence-electron chi connectivity index (χ3n) is 5.86. The van der Waals surface area contributed by atoms with Crippen molar-refractivity contribution in [2.45, 2.75) is 43.9 Å². The molecule has 3 aromatic rings. The largest absolute Gasteiger partial charge is 0.490 e. The number of nitrogens with one attached hydrogen (secondary N) is 1. The molecule has 0 unspecified atom stereocenters. The first kappa shape index (κ1) is 26.1. The van der Waals surface area contributed by atoms with Crippen LogP contribution in [-0.2, 0) is 26.7 Å². The summed E-state index contributed by atoms with van der Waals surface area (Å²) in [5.41, 5.74) is 2.10. The lowest BCUT2D eigenvalue weighted by Gasteiger charge is -2.23. The summed E-state index contributed by atoms with van der Waals surface area (Å²) in [5, 5.41) is 9.00. The van der Waals surface area contributed by atoms with Gasteiger partial charge in [-0.1, -0.05) is 51.1 Å². The van der Waals surface area contributed by atoms with Crippen molar-refractivity contribution in [2.24, 2.45) is 0 Å². The molecule has 7 nitrogen and oxygen atoms in total. The number of para-hydroxylation sites is 1. The minimum Gasteiger partial charge on any atom is -0.490 e. The summed E-state index contributed by atoms with van der Waals surface area (Å²) >= 11 is 0. The lowest BCUT2D eigenvalue weighted by atomic mass is 9.82. The van der Waals surface area contributed by atoms with Gasteiger partial charge in [-0.25, -0.2) is 8.42 Å². The standard InChI is InChI=1S/C27H31NO6S/c1-4-27(2,3)21-9-15-24(16-10-21)35(31,32)28-22-11-13-23(14-12-22)33-17-18-34-25-8-6-5-7-20(25)19-26(29)30/h5-16,28H,4,17-19H2,1-3H3,(H,29,30). The molecule has 0 spiro atoms. The molecule has 0 aromatic heterocycles. The highest BCUT2D eigenvalue weighted by Crippen LogP contribution is 2.28. The Hall–Kier alpha value is -3.52. The number of hydrogen-bond acceptors (Lipinski definition) is 5. The first-order chi connectivity index (χ1) is 16.6. The van der Waals surface area contributed by atoms with Gasteiger partial charge in [-0.3, -0.25) is 9.52 Å². The summed E-state index contributed by atoms with van der Waals surface area (Å²) in [7, 11) is -3.71. The molecule has 0 aliphatic heterocycles. The van der Waals surface area contributed by atoms with E-state index in [0.29, 0.717) is 22.7 Å². The highest BCUT2D eigenvalue weighted by Gasteiger charge is 2.20. The molecule has 0 atom stereocenters. The molecule has 0 saturated carbocycles. The van der Waals surface area contributed by atoms with Crippen LogP contribution in [0.3, 0.4) is 0 Å². The maximum Gasteiger partial charge on any atom is 0.307 e. The van der Waals surface area contributed by atoms with E-state index in [4.69, 9.17) is 14.6 Å². The Morgan fingerprint density at radius 3 is 2.17 bits per heavy atom. The Balaban J connectivity index is 1.53. The molecular formula is C27H31NO6S. The molecule has 0 heterocycles. The molecule has 3 rings (SSSR count). The fourth-order valence-electron chi connectivity index (χ4n) is 3.39. The Morgan fingerprint density at radius 1 is 0.914 bits per heavy atom. The Morgan fingerprint density at radius 2 is 1.54 bits per heavy atom. The molecule has 0 amide bonds. The van der Waals surface area contributed by atoms with E-state index in [1.165, 1.54) is 0 Å². The van der Waals surface area contributed by atoms with Gasteiger partial charge in [0, 0.05) is 11.3 Å². The van der Waals surface area contributed by atoms with Gasteiger partial charge in [0.25, 0.3) is 10.0 Å². The maximum absolute atomic E-state index is 12.8. The van der Waals surface area contributed by atoms with Crippen molar-refractivity contribution in [3.8, 4) is 11.5 Å². The number of rotatable bonds is 12. The second kappa shape index (κ2) is 11.3. The minimum atomic E-state index is -3.71. The summed E-state index contributed by atoms with van der Waals surface area (Å²) in [6.45, 7) is 6.84. The zero-order chi connectivity index (χ0) is 25.5. The fraction of sp³-hybridized carbons (Fsp3) is 0.296. The molecule has 2 N–H and O–H groups in total. The van der Waals surface area contributed by atoms with E-state index < -0.39 is 16.0 Å². The van der Waals surface area contributed by atoms with E-state index in [0.717, 1.165) is 12.0 Å². The molecule has 35 heavy (non-hydrogen) atoms. The Labute approximate surface area is 206 Å². The maximum atomic E-state index is 12.8. The predicted molar refractivity (Wildman–Crippen MR) is 136 cm³/mol. The molecule has 186 valence electrons. The lowest BCUT2D eigenvalue weighted by Crippen LogP contribution is -2.17. The zero-order valence-electron chi connectivity index (χ0n) is 20.2. The van der Waals surface area contributed by atoms with E-state index in [2.05, 4.69) is 25.5 Å². The summed E-state index contributed by atoms with van der Waals surface area (Å²) in [4.78, 5) is 11.2. The highest BCUT2D eigenvalue weighted by molar-refractivity contribution is 7.92. The van der Waals surface area contributed by atoms with Crippen molar-refractivity contribution in [2.75, 3.05) is 17.9 Å². The van der Waals surface area contributed by atoms with Crippen LogP contribution >= 0.6 is 0 Å². The molecule has 0 aliphatic rings. The average Bonchev–Trinajstić information content (AvgIpc) is 2.83. The molecule has 0 aliphatic carbocycles. The van der Waals surface area contributed by atoms with Gasteiger partial charge >= 0.3 is 5.97 Å². The number of hydrogen-bond donors (Lipinski definition) is 2. The van der Waals surface area contributed by atoms with E-state index >= 15 is 0 Å². The van der Waals surface area contributed by atoms with Crippen molar-refractivity contribution in [3.05, 3.63) is 83.9 Å². The van der Waals surface area contributed by atoms with E-state index in [-0.39, 0.29) is 29.9 Å². The van der Waals surface area contributed by atoms with Crippen molar-refractivity contribution in [3.63, 3.8) is 0 Å². The van der Waals surface area contributed by atoms with Gasteiger partial charge < -0.3 is 14.6 Å². The van der Waals surface area contributed by atoms with Gasteiger partial charge in [-0.05, 0) is 59.9 Å². The average molecular weight is 498 g/mol. The number of carbonyl (C=O) groups is 1. The van der Waals surface area contributed by atoms with Crippen LogP contribution in [0.4, 0.5) is 5.69 Å². The smallest absolute Gasteiger partial charge is 0.307 e. The van der Waals surface area contributed by atoms with Crippen LogP contribution < -0.4 is 14.2 Å². The van der Waals surface area contributed by atoms with Crippen LogP contribution in [0.5, 0.6) is 11.5 Å². The zero-order valence-corrected chi connectivity index (χ0v) is 21.0. The number of aliphatic carboxylic acids is 1. The van der Waals surface area contributed by atoms with Crippen LogP contribution in [0, 0.1) is 0 Å². The number of anilines is 1. The number of ether oxygens (including phenoxy) is 2. The molecule has 0 bridgehead atoms. The second-order valence-corrected chi connectivity index (χ2v) is 10.4. The fourth-order valence-corrected chi connectivity index (χ4v) is 4.45. The van der Waals surface area contributed by atoms with Crippen LogP contribution in [-0.4, -0.2) is 32.7 Å². The molecular weight excluding hydrogens is 466 g/mol. The first-order valence-electron chi connectivity index (χ1n) is 11.4. The van der Waals surface area contributed by atoms with Crippen molar-refractivity contribution in [1.82, 2.24) is 0 Å². The first-order valence-corrected chi connectivity index (χ1v) is 12.9. The Kier molecular flexibility index (Phi) is 8.40. The van der Waals surface area contributed by atoms with Gasteiger partial charge in [-0.15, -0.1) is 0 Å². The van der Waals surface area contributed by atoms with Crippen LogP contribution in [0.2, 0.25) is 0 Å². The summed E-state index contributed by atoms with van der Waals surface area (Å²) in [6, 6.07) is 20.5. The highest BCUT2D eigenvalue weighted by atomic mass is 32.2. The van der Waals surface area contributed by atoms with Crippen LogP contribution in [0.1, 0.15) is 38.3 Å². The van der Waals surface area contributed by atoms with Gasteiger partial charge in [0.2, 0.25) is 0 Å². The van der Waals surface area contributed by atoms with E-state index in [1.807, 2.05) is 12.1 Å². The van der Waals surface area contributed by atoms with E-state index in [9.17, 15) is 13.2 Å². The van der Waals surface area contributed by atoms with Gasteiger partial charge in [-0.2, -0.15) is 0 Å². The lowest BCUT2D eigenvalue weighted by molar-refractivity contribution is -0.136. The van der Waals surface area contributed by atoms with Gasteiger partial charge in [0.15, 0.2) is 0 Å². The number of sulfonamides is 1. The van der Waals surface area contributed by atoms with Gasteiger partial charge in [0.05, 0.1) is 11.3 Å².